The maximum absolute atomic E-state index is 8.33. The van der Waals surface area contributed by atoms with E-state index >= 15 is 0 Å². The van der Waals surface area contributed by atoms with Crippen molar-refractivity contribution in [1.82, 2.24) is 0 Å². The molecule has 0 N–H and O–H groups in total. The van der Waals surface area contributed by atoms with Crippen LogP contribution in [0, 0.1) is 0 Å². The summed E-state index contributed by atoms with van der Waals surface area (Å²) < 4.78 is 0. The maximum Gasteiger partial charge on any atom is 1.00 e. The predicted molar refractivity (Wildman–Crippen MR) is 23.0 cm³/mol. The standard InChI is InChI=1S/C2H4BO2.CH2O3.2Na/c1-2-4-5-3-1;2-1(3)4;;/h1-2H2;(H2,2,3,4);;/q;;2*+1/p-2. The molecular formula is C3H4BNa2O5. The summed E-state index contributed by atoms with van der Waals surface area (Å²) in [5, 5.41) is 16.7. The molecule has 0 unspecified atom stereocenters. The van der Waals surface area contributed by atoms with Crippen molar-refractivity contribution < 1.29 is 83.8 Å². The SMILES string of the molecule is O=C([O-])[O-].[B]1CCOO1.[Na+].[Na+]. The first kappa shape index (κ1) is 18.1. The summed E-state index contributed by atoms with van der Waals surface area (Å²) in [5.41, 5.74) is 0. The molecule has 0 bridgehead atoms. The van der Waals surface area contributed by atoms with E-state index in [9.17, 15) is 0 Å². The normalized spacial score (nSPS) is 12.4. The van der Waals surface area contributed by atoms with Crippen molar-refractivity contribution in [3.8, 4) is 0 Å². The summed E-state index contributed by atoms with van der Waals surface area (Å²) in [7, 11) is 1.64. The van der Waals surface area contributed by atoms with Gasteiger partial charge < -0.3 is 19.8 Å². The zero-order valence-electron chi connectivity index (χ0n) is 6.53. The Morgan fingerprint density at radius 3 is 1.91 bits per heavy atom. The smallest absolute Gasteiger partial charge is 0.652 e. The van der Waals surface area contributed by atoms with E-state index in [1.807, 2.05) is 0 Å². The molecular weight excluding hydrogens is 173 g/mol. The third-order valence-corrected chi connectivity index (χ3v) is 0.455. The molecule has 0 saturated carbocycles. The van der Waals surface area contributed by atoms with Crippen LogP contribution in [-0.2, 0) is 9.69 Å². The van der Waals surface area contributed by atoms with E-state index in [1.165, 1.54) is 0 Å². The van der Waals surface area contributed by atoms with Crippen molar-refractivity contribution in [1.29, 1.82) is 0 Å². The molecule has 1 saturated heterocycles. The molecule has 0 atom stereocenters. The second-order valence-corrected chi connectivity index (χ2v) is 1.12. The van der Waals surface area contributed by atoms with Crippen LogP contribution in [0.5, 0.6) is 0 Å². The maximum atomic E-state index is 8.33. The molecule has 1 aliphatic rings. The molecule has 1 fully saturated rings. The third-order valence-electron chi connectivity index (χ3n) is 0.455. The molecule has 1 heterocycles. The summed E-state index contributed by atoms with van der Waals surface area (Å²) >= 11 is 0. The van der Waals surface area contributed by atoms with Crippen LogP contribution in [0.25, 0.3) is 0 Å². The number of carbonyl (C=O) groups is 1. The van der Waals surface area contributed by atoms with Gasteiger partial charge in [-0.1, -0.05) is 0 Å². The molecule has 0 aromatic heterocycles. The van der Waals surface area contributed by atoms with Gasteiger partial charge in [-0.05, 0) is 12.5 Å². The summed E-state index contributed by atoms with van der Waals surface area (Å²) in [4.78, 5) is 17.0. The van der Waals surface area contributed by atoms with Gasteiger partial charge >= 0.3 is 66.6 Å². The van der Waals surface area contributed by atoms with E-state index in [1.54, 1.807) is 7.48 Å². The average Bonchev–Trinajstić information content (AvgIpc) is 2.11. The fourth-order valence-electron chi connectivity index (χ4n) is 0.241. The minimum atomic E-state index is -2.33. The largest absolute Gasteiger partial charge is 1.00 e. The molecule has 5 nitrogen and oxygen atoms in total. The third kappa shape index (κ3) is 24.6. The quantitative estimate of drug-likeness (QED) is 0.271. The van der Waals surface area contributed by atoms with Crippen LogP contribution in [0.4, 0.5) is 4.79 Å². The van der Waals surface area contributed by atoms with E-state index in [0.717, 1.165) is 12.9 Å². The Morgan fingerprint density at radius 1 is 1.36 bits per heavy atom. The molecule has 1 radical (unpaired) electrons. The van der Waals surface area contributed by atoms with Gasteiger partial charge in [0.25, 0.3) is 0 Å². The van der Waals surface area contributed by atoms with Gasteiger partial charge in [-0.3, -0.25) is 4.89 Å². The second-order valence-electron chi connectivity index (χ2n) is 1.12. The Morgan fingerprint density at radius 2 is 1.82 bits per heavy atom. The van der Waals surface area contributed by atoms with Crippen LogP contribution < -0.4 is 69.3 Å². The van der Waals surface area contributed by atoms with Gasteiger partial charge in [-0.2, -0.15) is 0 Å². The van der Waals surface area contributed by atoms with Gasteiger partial charge in [0.15, 0.2) is 0 Å². The van der Waals surface area contributed by atoms with Crippen LogP contribution in [0.3, 0.4) is 0 Å². The topological polar surface area (TPSA) is 81.7 Å². The number of carbonyl (C=O) groups excluding carboxylic acids is 1. The zero-order valence-corrected chi connectivity index (χ0v) is 10.5. The Balaban J connectivity index is -0.000000101. The predicted octanol–water partition coefficient (Wildman–Crippen LogP) is -8.45. The van der Waals surface area contributed by atoms with E-state index in [4.69, 9.17) is 15.0 Å². The van der Waals surface area contributed by atoms with Gasteiger partial charge in [-0.15, -0.1) is 0 Å². The van der Waals surface area contributed by atoms with Gasteiger partial charge in [0.2, 0.25) is 0 Å². The van der Waals surface area contributed by atoms with E-state index < -0.39 is 6.16 Å². The molecule has 11 heavy (non-hydrogen) atoms. The van der Waals surface area contributed by atoms with Crippen molar-refractivity contribution in [2.24, 2.45) is 0 Å². The Kier molecular flexibility index (Phi) is 22.8. The number of hydrogen-bond acceptors (Lipinski definition) is 5. The molecule has 0 aromatic carbocycles. The molecule has 1 rings (SSSR count). The first-order chi connectivity index (χ1) is 4.23. The monoisotopic (exact) mass is 177 g/mol. The van der Waals surface area contributed by atoms with E-state index in [2.05, 4.69) is 9.69 Å². The molecule has 0 aliphatic carbocycles. The first-order valence-electron chi connectivity index (χ1n) is 2.21. The molecule has 1 aliphatic heterocycles. The van der Waals surface area contributed by atoms with E-state index in [-0.39, 0.29) is 59.1 Å². The van der Waals surface area contributed by atoms with Gasteiger partial charge in [-0.25, -0.2) is 0 Å². The summed E-state index contributed by atoms with van der Waals surface area (Å²) in [6.07, 6.45) is -1.40. The molecule has 0 aromatic rings. The molecule has 0 spiro atoms. The minimum absolute atomic E-state index is 0. The Labute approximate surface area is 109 Å². The molecule has 8 heteroatoms. The van der Waals surface area contributed by atoms with Crippen molar-refractivity contribution >= 4 is 13.6 Å². The summed E-state index contributed by atoms with van der Waals surface area (Å²) in [5.74, 6) is 0. The van der Waals surface area contributed by atoms with Gasteiger partial charge in [0.05, 0.1) is 6.61 Å². The minimum Gasteiger partial charge on any atom is -0.652 e. The molecule has 51 valence electrons. The van der Waals surface area contributed by atoms with Crippen LogP contribution >= 0.6 is 0 Å². The number of hydrogen-bond donors (Lipinski definition) is 0. The van der Waals surface area contributed by atoms with Crippen molar-refractivity contribution in [3.05, 3.63) is 0 Å². The average molecular weight is 177 g/mol. The molecule has 0 amide bonds. The number of carboxylic acid groups (broad SMARTS) is 2. The summed E-state index contributed by atoms with van der Waals surface area (Å²) in [6.45, 7) is 0.722. The van der Waals surface area contributed by atoms with E-state index in [0.29, 0.717) is 0 Å². The van der Waals surface area contributed by atoms with Gasteiger partial charge in [0, 0.05) is 0 Å². The van der Waals surface area contributed by atoms with Crippen molar-refractivity contribution in [2.45, 2.75) is 6.32 Å². The van der Waals surface area contributed by atoms with Crippen molar-refractivity contribution in [2.75, 3.05) is 6.61 Å². The van der Waals surface area contributed by atoms with Crippen LogP contribution in [0.2, 0.25) is 6.32 Å². The zero-order chi connectivity index (χ0) is 7.11. The first-order valence-corrected chi connectivity index (χ1v) is 2.21. The van der Waals surface area contributed by atoms with Crippen LogP contribution in [-0.4, -0.2) is 20.2 Å². The fourth-order valence-corrected chi connectivity index (χ4v) is 0.241. The fraction of sp³-hybridized carbons (Fsp3) is 0.667. The summed E-state index contributed by atoms with van der Waals surface area (Å²) in [6, 6.07) is 0. The second kappa shape index (κ2) is 13.8. The van der Waals surface area contributed by atoms with Crippen LogP contribution in [0.1, 0.15) is 0 Å². The Hall–Kier alpha value is 1.25. The van der Waals surface area contributed by atoms with Crippen molar-refractivity contribution in [3.63, 3.8) is 0 Å². The number of rotatable bonds is 0. The van der Waals surface area contributed by atoms with Gasteiger partial charge in [0.1, 0.15) is 0 Å². The van der Waals surface area contributed by atoms with Crippen LogP contribution in [0.15, 0.2) is 0 Å². The Bertz CT molecular complexity index is 76.2.